The number of methoxy groups -OCH3 is 2. The van der Waals surface area contributed by atoms with Gasteiger partial charge in [0, 0.05) is 25.9 Å². The number of hydrogen-bond donors (Lipinski definition) is 2. The van der Waals surface area contributed by atoms with E-state index in [-0.39, 0.29) is 30.7 Å². The fourth-order valence-corrected chi connectivity index (χ4v) is 4.32. The maximum absolute atomic E-state index is 11.2. The fourth-order valence-electron chi connectivity index (χ4n) is 4.32. The van der Waals surface area contributed by atoms with E-state index < -0.39 is 12.2 Å². The van der Waals surface area contributed by atoms with Gasteiger partial charge in [-0.3, -0.25) is 4.79 Å². The molecule has 35 heavy (non-hydrogen) atoms. The average molecular weight is 491 g/mol. The van der Waals surface area contributed by atoms with Crippen LogP contribution in [-0.4, -0.2) is 68.7 Å². The normalized spacial score (nSPS) is 23.3. The lowest BCUT2D eigenvalue weighted by Gasteiger charge is -2.21. The predicted molar refractivity (Wildman–Crippen MR) is 135 cm³/mol. The predicted octanol–water partition coefficient (Wildman–Crippen LogP) is 3.83. The van der Waals surface area contributed by atoms with Gasteiger partial charge in [0.2, 0.25) is 0 Å². The number of hydrogen-bond acceptors (Lipinski definition) is 7. The topological polar surface area (TPSA) is 94.5 Å². The molecule has 0 unspecified atom stereocenters. The summed E-state index contributed by atoms with van der Waals surface area (Å²) < 4.78 is 21.1. The van der Waals surface area contributed by atoms with Crippen molar-refractivity contribution in [3.05, 3.63) is 60.2 Å². The monoisotopic (exact) mass is 490 g/mol. The number of benzene rings is 1. The summed E-state index contributed by atoms with van der Waals surface area (Å²) in [6, 6.07) is 10.3. The van der Waals surface area contributed by atoms with Crippen LogP contribution in [0.2, 0.25) is 0 Å². The Morgan fingerprint density at radius 2 is 1.91 bits per heavy atom. The van der Waals surface area contributed by atoms with Crippen LogP contribution in [0.4, 0.5) is 0 Å². The Labute approximate surface area is 209 Å². The van der Waals surface area contributed by atoms with Gasteiger partial charge in [0.1, 0.15) is 6.79 Å². The zero-order chi connectivity index (χ0) is 25.3. The largest absolute Gasteiger partial charge is 0.469 e. The smallest absolute Gasteiger partial charge is 0.305 e. The molecule has 1 saturated carbocycles. The first kappa shape index (κ1) is 29.2. The zero-order valence-electron chi connectivity index (χ0n) is 21.1. The van der Waals surface area contributed by atoms with Crippen molar-refractivity contribution in [2.75, 3.05) is 34.2 Å². The number of aliphatic hydroxyl groups excluding tert-OH is 2. The Kier molecular flexibility index (Phi) is 14.5. The van der Waals surface area contributed by atoms with Gasteiger partial charge in [-0.15, -0.1) is 0 Å². The van der Waals surface area contributed by atoms with Crippen molar-refractivity contribution >= 4 is 5.97 Å². The van der Waals surface area contributed by atoms with E-state index in [0.29, 0.717) is 32.5 Å². The molecule has 0 aliphatic heterocycles. The molecule has 0 bridgehead atoms. The summed E-state index contributed by atoms with van der Waals surface area (Å²) >= 11 is 0. The third-order valence-electron chi connectivity index (χ3n) is 6.38. The fraction of sp³-hybridized carbons (Fsp3) is 0.607. The van der Waals surface area contributed by atoms with E-state index in [9.17, 15) is 15.0 Å². The molecule has 7 nitrogen and oxygen atoms in total. The van der Waals surface area contributed by atoms with Gasteiger partial charge in [0.25, 0.3) is 0 Å². The number of aryl methyl sites for hydroxylation is 1. The molecular weight excluding hydrogens is 448 g/mol. The molecular formula is C28H42O7. The third kappa shape index (κ3) is 11.5. The highest BCUT2D eigenvalue weighted by Crippen LogP contribution is 2.36. The Morgan fingerprint density at radius 1 is 1.11 bits per heavy atom. The average Bonchev–Trinajstić information content (AvgIpc) is 3.14. The molecule has 0 heterocycles. The lowest BCUT2D eigenvalue weighted by molar-refractivity contribution is -0.140. The first-order chi connectivity index (χ1) is 17.0. The summed E-state index contributed by atoms with van der Waals surface area (Å²) in [6.45, 7) is 1.14. The first-order valence-electron chi connectivity index (χ1n) is 12.5. The summed E-state index contributed by atoms with van der Waals surface area (Å²) in [5, 5.41) is 21.1. The number of aliphatic hydroxyl groups is 2. The van der Waals surface area contributed by atoms with Crippen LogP contribution in [0.25, 0.3) is 0 Å². The highest BCUT2D eigenvalue weighted by Gasteiger charge is 2.39. The van der Waals surface area contributed by atoms with Gasteiger partial charge in [-0.1, -0.05) is 54.6 Å². The number of carbonyl (C=O) groups excluding carboxylic acids is 1. The molecule has 2 N–H and O–H groups in total. The molecule has 196 valence electrons. The number of ether oxygens (including phenoxy) is 4. The number of carbonyl (C=O) groups is 1. The molecule has 1 aliphatic carbocycles. The van der Waals surface area contributed by atoms with Gasteiger partial charge >= 0.3 is 5.97 Å². The van der Waals surface area contributed by atoms with E-state index in [4.69, 9.17) is 14.2 Å². The van der Waals surface area contributed by atoms with Gasteiger partial charge in [-0.2, -0.15) is 0 Å². The van der Waals surface area contributed by atoms with E-state index in [1.165, 1.54) is 12.7 Å². The molecule has 0 saturated heterocycles. The number of rotatable bonds is 17. The van der Waals surface area contributed by atoms with Crippen LogP contribution in [0.15, 0.2) is 54.6 Å². The van der Waals surface area contributed by atoms with Crippen molar-refractivity contribution in [1.82, 2.24) is 0 Å². The van der Waals surface area contributed by atoms with Crippen LogP contribution in [0.5, 0.6) is 0 Å². The van der Waals surface area contributed by atoms with Gasteiger partial charge in [-0.05, 0) is 43.6 Å². The van der Waals surface area contributed by atoms with Crippen molar-refractivity contribution in [2.24, 2.45) is 11.8 Å². The van der Waals surface area contributed by atoms with Gasteiger partial charge in [0.15, 0.2) is 0 Å². The maximum atomic E-state index is 11.2. The minimum atomic E-state index is -0.591. The Balaban J connectivity index is 1.92. The maximum Gasteiger partial charge on any atom is 0.305 e. The molecule has 0 radical (unpaired) electrons. The second-order valence-corrected chi connectivity index (χ2v) is 8.92. The molecule has 0 amide bonds. The summed E-state index contributed by atoms with van der Waals surface area (Å²) in [7, 11) is 3.02. The lowest BCUT2D eigenvalue weighted by Crippen LogP contribution is -2.21. The minimum Gasteiger partial charge on any atom is -0.469 e. The van der Waals surface area contributed by atoms with Crippen molar-refractivity contribution in [3.63, 3.8) is 0 Å². The van der Waals surface area contributed by atoms with Crippen LogP contribution < -0.4 is 0 Å². The molecule has 0 aromatic heterocycles. The quantitative estimate of drug-likeness (QED) is 0.148. The van der Waals surface area contributed by atoms with Crippen molar-refractivity contribution in [1.29, 1.82) is 0 Å². The second kappa shape index (κ2) is 17.4. The number of unbranched alkanes of at least 4 members (excludes halogenated alkanes) is 1. The Morgan fingerprint density at radius 3 is 2.66 bits per heavy atom. The molecule has 1 fully saturated rings. The summed E-state index contributed by atoms with van der Waals surface area (Å²) in [4.78, 5) is 11.2. The third-order valence-corrected chi connectivity index (χ3v) is 6.38. The van der Waals surface area contributed by atoms with Crippen LogP contribution >= 0.6 is 0 Å². The number of allylic oxidation sites excluding steroid dienone is 2. The summed E-state index contributed by atoms with van der Waals surface area (Å²) in [5.74, 6) is -0.418. The first-order valence-corrected chi connectivity index (χ1v) is 12.5. The van der Waals surface area contributed by atoms with E-state index in [1.807, 2.05) is 42.5 Å². The van der Waals surface area contributed by atoms with E-state index in [0.717, 1.165) is 25.7 Å². The molecule has 0 spiro atoms. The summed E-state index contributed by atoms with van der Waals surface area (Å²) in [5.41, 5.74) is 1.24. The molecule has 1 aromatic carbocycles. The second-order valence-electron chi connectivity index (χ2n) is 8.92. The van der Waals surface area contributed by atoms with Gasteiger partial charge < -0.3 is 29.2 Å². The van der Waals surface area contributed by atoms with Crippen molar-refractivity contribution < 1.29 is 34.0 Å². The van der Waals surface area contributed by atoms with Crippen LogP contribution in [0.3, 0.4) is 0 Å². The van der Waals surface area contributed by atoms with E-state index in [1.54, 1.807) is 7.11 Å². The van der Waals surface area contributed by atoms with Crippen LogP contribution in [0.1, 0.15) is 44.1 Å². The molecule has 7 heteroatoms. The van der Waals surface area contributed by atoms with Crippen LogP contribution in [-0.2, 0) is 30.2 Å². The zero-order valence-corrected chi connectivity index (χ0v) is 21.1. The SMILES string of the molecule is COCCOCO[C@H](C=C[C@H]1[C@@H](CC=CCCCC(=O)OC)[C@H](O)C[C@H]1O)CCc1ccccc1. The van der Waals surface area contributed by atoms with E-state index in [2.05, 4.69) is 16.9 Å². The number of esters is 1. The molecule has 1 aliphatic rings. The van der Waals surface area contributed by atoms with Gasteiger partial charge in [-0.25, -0.2) is 0 Å². The van der Waals surface area contributed by atoms with Crippen molar-refractivity contribution in [3.8, 4) is 0 Å². The highest BCUT2D eigenvalue weighted by molar-refractivity contribution is 5.69. The molecule has 1 aromatic rings. The summed E-state index contributed by atoms with van der Waals surface area (Å²) in [6.07, 6.45) is 11.3. The van der Waals surface area contributed by atoms with Crippen LogP contribution in [0, 0.1) is 11.8 Å². The molecule has 5 atom stereocenters. The standard InChI is InChI=1S/C28H42O7/c1-32-18-19-34-21-35-23(15-14-22-10-6-5-7-11-22)16-17-25-24(26(29)20-27(25)30)12-8-3-4-9-13-28(31)33-2/h3,5-8,10-11,16-17,23-27,29-30H,4,9,12-15,18-21H2,1-2H3/t23-,24+,25-,26+,27+/m0/s1. The minimum absolute atomic E-state index is 0.0640. The Bertz CT molecular complexity index is 749. The van der Waals surface area contributed by atoms with Gasteiger partial charge in [0.05, 0.1) is 38.6 Å². The lowest BCUT2D eigenvalue weighted by atomic mass is 9.89. The highest BCUT2D eigenvalue weighted by atomic mass is 16.7. The molecule has 2 rings (SSSR count). The Hall–Kier alpha value is -2.03. The van der Waals surface area contributed by atoms with E-state index >= 15 is 0 Å². The van der Waals surface area contributed by atoms with Crippen molar-refractivity contribution in [2.45, 2.75) is 63.3 Å².